The number of nitrogens with zero attached hydrogens (tertiary/aromatic N) is 1. The van der Waals surface area contributed by atoms with Gasteiger partial charge in [-0.25, -0.2) is 0 Å². The average molecular weight is 235 g/mol. The zero-order valence-corrected chi connectivity index (χ0v) is 9.87. The van der Waals surface area contributed by atoms with Crippen LogP contribution in [0.4, 0.5) is 0 Å². The van der Waals surface area contributed by atoms with E-state index < -0.39 is 12.2 Å². The lowest BCUT2D eigenvalue weighted by Gasteiger charge is -2.13. The third kappa shape index (κ3) is 4.96. The first-order chi connectivity index (χ1) is 8.27. The summed E-state index contributed by atoms with van der Waals surface area (Å²) in [4.78, 5) is 0. The number of benzene rings is 1. The Morgan fingerprint density at radius 3 is 2.65 bits per heavy atom. The number of nitriles is 1. The van der Waals surface area contributed by atoms with E-state index in [1.165, 1.54) is 7.11 Å². The second kappa shape index (κ2) is 7.80. The SMILES string of the molecule is COCC(O)CCOC(C#N)c1ccccc1. The summed E-state index contributed by atoms with van der Waals surface area (Å²) in [5.41, 5.74) is 0.830. The molecule has 4 nitrogen and oxygen atoms in total. The summed E-state index contributed by atoms with van der Waals surface area (Å²) in [5.74, 6) is 0. The quantitative estimate of drug-likeness (QED) is 0.780. The zero-order chi connectivity index (χ0) is 12.5. The number of methoxy groups -OCH3 is 1. The van der Waals surface area contributed by atoms with Gasteiger partial charge in [-0.15, -0.1) is 0 Å². The van der Waals surface area contributed by atoms with Crippen molar-refractivity contribution in [3.8, 4) is 6.07 Å². The first kappa shape index (κ1) is 13.7. The number of aliphatic hydroxyl groups is 1. The Labute approximate surface area is 101 Å². The van der Waals surface area contributed by atoms with E-state index >= 15 is 0 Å². The van der Waals surface area contributed by atoms with Crippen molar-refractivity contribution in [1.82, 2.24) is 0 Å². The lowest BCUT2D eigenvalue weighted by Crippen LogP contribution is -2.17. The first-order valence-corrected chi connectivity index (χ1v) is 5.51. The van der Waals surface area contributed by atoms with Gasteiger partial charge in [-0.2, -0.15) is 5.26 Å². The molecular formula is C13H17NO3. The summed E-state index contributed by atoms with van der Waals surface area (Å²) in [6.45, 7) is 0.615. The van der Waals surface area contributed by atoms with Gasteiger partial charge in [0, 0.05) is 7.11 Å². The van der Waals surface area contributed by atoms with Crippen molar-refractivity contribution >= 4 is 0 Å². The number of hydrogen-bond acceptors (Lipinski definition) is 4. The van der Waals surface area contributed by atoms with Crippen molar-refractivity contribution in [3.05, 3.63) is 35.9 Å². The van der Waals surface area contributed by atoms with Gasteiger partial charge in [0.15, 0.2) is 6.10 Å². The zero-order valence-electron chi connectivity index (χ0n) is 9.87. The highest BCUT2D eigenvalue weighted by Gasteiger charge is 2.11. The van der Waals surface area contributed by atoms with Crippen LogP contribution in [0.3, 0.4) is 0 Å². The predicted molar refractivity (Wildman–Crippen MR) is 63.2 cm³/mol. The average Bonchev–Trinajstić information content (AvgIpc) is 2.36. The van der Waals surface area contributed by atoms with E-state index in [-0.39, 0.29) is 6.61 Å². The van der Waals surface area contributed by atoms with Crippen molar-refractivity contribution in [3.63, 3.8) is 0 Å². The fourth-order valence-corrected chi connectivity index (χ4v) is 1.43. The van der Waals surface area contributed by atoms with Crippen molar-refractivity contribution in [2.75, 3.05) is 20.3 Å². The number of rotatable bonds is 7. The monoisotopic (exact) mass is 235 g/mol. The molecule has 17 heavy (non-hydrogen) atoms. The number of ether oxygens (including phenoxy) is 2. The Bertz CT molecular complexity index is 347. The van der Waals surface area contributed by atoms with Gasteiger partial charge in [0.1, 0.15) is 0 Å². The lowest BCUT2D eigenvalue weighted by molar-refractivity contribution is 0.0197. The van der Waals surface area contributed by atoms with E-state index in [1.807, 2.05) is 30.3 Å². The Balaban J connectivity index is 2.37. The highest BCUT2D eigenvalue weighted by Crippen LogP contribution is 2.16. The lowest BCUT2D eigenvalue weighted by atomic mass is 10.1. The van der Waals surface area contributed by atoms with E-state index in [4.69, 9.17) is 14.7 Å². The second-order valence-electron chi connectivity index (χ2n) is 3.69. The molecule has 0 saturated heterocycles. The van der Waals surface area contributed by atoms with E-state index in [1.54, 1.807) is 0 Å². The van der Waals surface area contributed by atoms with Gasteiger partial charge in [0.2, 0.25) is 0 Å². The Morgan fingerprint density at radius 1 is 1.35 bits per heavy atom. The molecular weight excluding hydrogens is 218 g/mol. The first-order valence-electron chi connectivity index (χ1n) is 5.51. The fraction of sp³-hybridized carbons (Fsp3) is 0.462. The van der Waals surface area contributed by atoms with Crippen LogP contribution in [0.2, 0.25) is 0 Å². The van der Waals surface area contributed by atoms with Crippen LogP contribution in [-0.4, -0.2) is 31.5 Å². The van der Waals surface area contributed by atoms with Gasteiger partial charge in [0.05, 0.1) is 25.4 Å². The van der Waals surface area contributed by atoms with Gasteiger partial charge in [-0.1, -0.05) is 30.3 Å². The maximum atomic E-state index is 9.42. The summed E-state index contributed by atoms with van der Waals surface area (Å²) >= 11 is 0. The third-order valence-electron chi connectivity index (χ3n) is 2.31. The second-order valence-corrected chi connectivity index (χ2v) is 3.69. The molecule has 0 aliphatic carbocycles. The maximum absolute atomic E-state index is 9.42. The minimum Gasteiger partial charge on any atom is -0.391 e. The van der Waals surface area contributed by atoms with Crippen molar-refractivity contribution in [2.45, 2.75) is 18.6 Å². The van der Waals surface area contributed by atoms with Crippen molar-refractivity contribution in [2.24, 2.45) is 0 Å². The molecule has 0 fully saturated rings. The van der Waals surface area contributed by atoms with Gasteiger partial charge in [-0.3, -0.25) is 0 Å². The summed E-state index contributed by atoms with van der Waals surface area (Å²) in [5, 5.41) is 18.4. The highest BCUT2D eigenvalue weighted by molar-refractivity contribution is 5.21. The minimum atomic E-state index is -0.578. The largest absolute Gasteiger partial charge is 0.391 e. The summed E-state index contributed by atoms with van der Waals surface area (Å²) in [7, 11) is 1.53. The molecule has 1 N–H and O–H groups in total. The minimum absolute atomic E-state index is 0.284. The van der Waals surface area contributed by atoms with Crippen LogP contribution in [0.25, 0.3) is 0 Å². The van der Waals surface area contributed by atoms with E-state index in [2.05, 4.69) is 6.07 Å². The van der Waals surface area contributed by atoms with Crippen LogP contribution in [0.1, 0.15) is 18.1 Å². The molecule has 1 rings (SSSR count). The molecule has 0 radical (unpaired) electrons. The number of hydrogen-bond donors (Lipinski definition) is 1. The standard InChI is InChI=1S/C13H17NO3/c1-16-10-12(15)7-8-17-13(9-14)11-5-3-2-4-6-11/h2-6,12-13,15H,7-8,10H2,1H3. The van der Waals surface area contributed by atoms with Crippen LogP contribution >= 0.6 is 0 Å². The Hall–Kier alpha value is -1.41. The molecule has 0 aliphatic heterocycles. The molecule has 1 aromatic rings. The topological polar surface area (TPSA) is 62.5 Å². The molecule has 0 spiro atoms. The van der Waals surface area contributed by atoms with Gasteiger partial charge < -0.3 is 14.6 Å². The summed E-state index contributed by atoms with van der Waals surface area (Å²) in [6, 6.07) is 11.4. The molecule has 0 amide bonds. The van der Waals surface area contributed by atoms with Gasteiger partial charge in [-0.05, 0) is 12.0 Å². The van der Waals surface area contributed by atoms with Crippen LogP contribution in [0, 0.1) is 11.3 Å². The molecule has 0 saturated carbocycles. The molecule has 4 heteroatoms. The smallest absolute Gasteiger partial charge is 0.169 e. The molecule has 92 valence electrons. The predicted octanol–water partition coefficient (Wildman–Crippen LogP) is 1.67. The molecule has 1 aromatic carbocycles. The Kier molecular flexibility index (Phi) is 6.26. The van der Waals surface area contributed by atoms with E-state index in [9.17, 15) is 5.11 Å². The molecule has 2 unspecified atom stereocenters. The molecule has 0 heterocycles. The maximum Gasteiger partial charge on any atom is 0.169 e. The number of aliphatic hydroxyl groups excluding tert-OH is 1. The molecule has 0 aromatic heterocycles. The van der Waals surface area contributed by atoms with Crippen LogP contribution < -0.4 is 0 Å². The normalized spacial score (nSPS) is 13.9. The van der Waals surface area contributed by atoms with Crippen LogP contribution in [-0.2, 0) is 9.47 Å². The van der Waals surface area contributed by atoms with Gasteiger partial charge >= 0.3 is 0 Å². The van der Waals surface area contributed by atoms with Gasteiger partial charge in [0.25, 0.3) is 0 Å². The molecule has 0 aliphatic rings. The third-order valence-corrected chi connectivity index (χ3v) is 2.31. The highest BCUT2D eigenvalue weighted by atomic mass is 16.5. The molecule has 0 bridgehead atoms. The van der Waals surface area contributed by atoms with Crippen molar-refractivity contribution in [1.29, 1.82) is 5.26 Å². The van der Waals surface area contributed by atoms with Crippen LogP contribution in [0.5, 0.6) is 0 Å². The summed E-state index contributed by atoms with van der Waals surface area (Å²) < 4.78 is 10.2. The summed E-state index contributed by atoms with van der Waals surface area (Å²) in [6.07, 6.45) is -0.667. The van der Waals surface area contributed by atoms with E-state index in [0.29, 0.717) is 13.0 Å². The fourth-order valence-electron chi connectivity index (χ4n) is 1.43. The molecule has 2 atom stereocenters. The van der Waals surface area contributed by atoms with Crippen molar-refractivity contribution < 1.29 is 14.6 Å². The van der Waals surface area contributed by atoms with E-state index in [0.717, 1.165) is 5.56 Å². The van der Waals surface area contributed by atoms with Crippen LogP contribution in [0.15, 0.2) is 30.3 Å². The Morgan fingerprint density at radius 2 is 2.06 bits per heavy atom.